The number of anilines is 1. The summed E-state index contributed by atoms with van der Waals surface area (Å²) in [6, 6.07) is 0.464. The van der Waals surface area contributed by atoms with Gasteiger partial charge in [0.1, 0.15) is 6.33 Å². The van der Waals surface area contributed by atoms with Crippen LogP contribution < -0.4 is 5.32 Å². The van der Waals surface area contributed by atoms with Crippen molar-refractivity contribution in [2.75, 3.05) is 25.5 Å². The summed E-state index contributed by atoms with van der Waals surface area (Å²) >= 11 is 5.70. The van der Waals surface area contributed by atoms with E-state index in [1.54, 1.807) is 0 Å². The number of hydrogen-bond donors (Lipinski definition) is 1. The third-order valence-corrected chi connectivity index (χ3v) is 3.34. The van der Waals surface area contributed by atoms with Crippen molar-refractivity contribution >= 4 is 23.1 Å². The van der Waals surface area contributed by atoms with E-state index in [2.05, 4.69) is 34.0 Å². The molecule has 0 aliphatic carbocycles. The minimum Gasteiger partial charge on any atom is -0.363 e. The molecule has 1 rings (SSSR count). The fourth-order valence-corrected chi connectivity index (χ4v) is 1.73. The molecule has 106 valence electrons. The molecule has 1 heterocycles. The van der Waals surface area contributed by atoms with Crippen molar-refractivity contribution in [3.63, 3.8) is 0 Å². The van der Waals surface area contributed by atoms with Gasteiger partial charge in [-0.25, -0.2) is 9.97 Å². The van der Waals surface area contributed by atoms with Gasteiger partial charge in [0.2, 0.25) is 11.0 Å². The van der Waals surface area contributed by atoms with Gasteiger partial charge >= 0.3 is 5.69 Å². The maximum atomic E-state index is 10.9. The van der Waals surface area contributed by atoms with Crippen molar-refractivity contribution < 1.29 is 4.92 Å². The lowest BCUT2D eigenvalue weighted by Gasteiger charge is -2.23. The zero-order valence-corrected chi connectivity index (χ0v) is 12.0. The van der Waals surface area contributed by atoms with Crippen LogP contribution >= 0.6 is 11.6 Å². The van der Waals surface area contributed by atoms with Crippen LogP contribution in [0.15, 0.2) is 6.33 Å². The van der Waals surface area contributed by atoms with Crippen LogP contribution in [0.1, 0.15) is 20.3 Å². The molecule has 0 fully saturated rings. The van der Waals surface area contributed by atoms with Crippen molar-refractivity contribution in [3.8, 4) is 0 Å². The summed E-state index contributed by atoms with van der Waals surface area (Å²) in [4.78, 5) is 19.9. The minimum atomic E-state index is -0.580. The number of likely N-dealkylation sites (N-methyl/N-ethyl adjacent to an activating group) is 1. The fourth-order valence-electron chi connectivity index (χ4n) is 1.53. The highest BCUT2D eigenvalue weighted by atomic mass is 35.5. The highest BCUT2D eigenvalue weighted by Crippen LogP contribution is 2.27. The molecule has 1 N–H and O–H groups in total. The number of rotatable bonds is 7. The van der Waals surface area contributed by atoms with Gasteiger partial charge in [-0.05, 0) is 20.4 Å². The summed E-state index contributed by atoms with van der Waals surface area (Å²) in [7, 11) is 2.01. The van der Waals surface area contributed by atoms with Crippen LogP contribution in [0.5, 0.6) is 0 Å². The number of halogens is 1. The van der Waals surface area contributed by atoms with Crippen molar-refractivity contribution in [1.82, 2.24) is 14.9 Å². The molecule has 8 heteroatoms. The van der Waals surface area contributed by atoms with Gasteiger partial charge in [0.05, 0.1) is 4.92 Å². The summed E-state index contributed by atoms with van der Waals surface area (Å²) in [6.07, 6.45) is 2.26. The zero-order valence-electron chi connectivity index (χ0n) is 11.3. The predicted octanol–water partition coefficient (Wildman–Crippen LogP) is 2.18. The third-order valence-electron chi connectivity index (χ3n) is 3.06. The molecule has 0 aliphatic heterocycles. The van der Waals surface area contributed by atoms with Crippen LogP contribution in [0.3, 0.4) is 0 Å². The van der Waals surface area contributed by atoms with E-state index in [1.807, 2.05) is 7.05 Å². The average Bonchev–Trinajstić information content (AvgIpc) is 2.37. The van der Waals surface area contributed by atoms with Crippen LogP contribution in [0.4, 0.5) is 11.5 Å². The SMILES string of the molecule is CCC(C)N(C)CCNc1ncnc(Cl)c1[N+](=O)[O-]. The lowest BCUT2D eigenvalue weighted by Crippen LogP contribution is -2.32. The van der Waals surface area contributed by atoms with E-state index in [-0.39, 0.29) is 16.7 Å². The van der Waals surface area contributed by atoms with E-state index in [1.165, 1.54) is 6.33 Å². The Morgan fingerprint density at radius 3 is 2.84 bits per heavy atom. The van der Waals surface area contributed by atoms with Gasteiger partial charge in [-0.15, -0.1) is 0 Å². The van der Waals surface area contributed by atoms with Crippen LogP contribution in [0, 0.1) is 10.1 Å². The molecule has 1 aromatic rings. The quantitative estimate of drug-likeness (QED) is 0.470. The highest BCUT2D eigenvalue weighted by Gasteiger charge is 2.21. The van der Waals surface area contributed by atoms with Crippen LogP contribution in [0.2, 0.25) is 5.15 Å². The second kappa shape index (κ2) is 7.20. The summed E-state index contributed by atoms with van der Waals surface area (Å²) in [6.45, 7) is 5.55. The Morgan fingerprint density at radius 2 is 2.26 bits per heavy atom. The van der Waals surface area contributed by atoms with Crippen molar-refractivity contribution in [1.29, 1.82) is 0 Å². The van der Waals surface area contributed by atoms with E-state index in [0.29, 0.717) is 12.6 Å². The van der Waals surface area contributed by atoms with Crippen LogP contribution in [-0.2, 0) is 0 Å². The molecule has 0 aliphatic rings. The number of hydrogen-bond acceptors (Lipinski definition) is 6. The molecule has 0 amide bonds. The molecule has 7 nitrogen and oxygen atoms in total. The third kappa shape index (κ3) is 4.29. The first-order valence-electron chi connectivity index (χ1n) is 6.06. The van der Waals surface area contributed by atoms with Crippen molar-refractivity contribution in [3.05, 3.63) is 21.6 Å². The normalized spacial score (nSPS) is 12.5. The van der Waals surface area contributed by atoms with Gasteiger partial charge in [-0.3, -0.25) is 10.1 Å². The lowest BCUT2D eigenvalue weighted by molar-refractivity contribution is -0.384. The minimum absolute atomic E-state index is 0.155. The first-order valence-corrected chi connectivity index (χ1v) is 6.44. The second-order valence-electron chi connectivity index (χ2n) is 4.28. The topological polar surface area (TPSA) is 84.2 Å². The van der Waals surface area contributed by atoms with E-state index in [0.717, 1.165) is 13.0 Å². The number of nitro groups is 1. The molecule has 1 aromatic heterocycles. The Kier molecular flexibility index (Phi) is 5.91. The Hall–Kier alpha value is -1.47. The molecule has 0 radical (unpaired) electrons. The molecule has 0 saturated carbocycles. The maximum Gasteiger partial charge on any atom is 0.348 e. The molecule has 0 bridgehead atoms. The Bertz CT molecular complexity index is 443. The number of nitrogens with one attached hydrogen (secondary N) is 1. The van der Waals surface area contributed by atoms with E-state index < -0.39 is 4.92 Å². The van der Waals surface area contributed by atoms with Crippen LogP contribution in [-0.4, -0.2) is 46.0 Å². The molecule has 0 aromatic carbocycles. The molecular weight excluding hydrogens is 270 g/mol. The van der Waals surface area contributed by atoms with Gasteiger partial charge in [-0.1, -0.05) is 18.5 Å². The first kappa shape index (κ1) is 15.6. The first-order chi connectivity index (χ1) is 8.97. The monoisotopic (exact) mass is 287 g/mol. The molecule has 19 heavy (non-hydrogen) atoms. The maximum absolute atomic E-state index is 10.9. The molecule has 1 atom stereocenters. The van der Waals surface area contributed by atoms with E-state index in [4.69, 9.17) is 11.6 Å². The number of nitrogens with zero attached hydrogens (tertiary/aromatic N) is 4. The predicted molar refractivity (Wildman–Crippen MR) is 74.6 cm³/mol. The average molecular weight is 288 g/mol. The number of aromatic nitrogens is 2. The molecular formula is C11H18ClN5O2. The Morgan fingerprint density at radius 1 is 1.58 bits per heavy atom. The summed E-state index contributed by atoms with van der Waals surface area (Å²) in [5, 5.41) is 13.7. The smallest absolute Gasteiger partial charge is 0.348 e. The second-order valence-corrected chi connectivity index (χ2v) is 4.64. The molecule has 1 unspecified atom stereocenters. The van der Waals surface area contributed by atoms with Gasteiger partial charge in [0.15, 0.2) is 0 Å². The van der Waals surface area contributed by atoms with Gasteiger partial charge < -0.3 is 10.2 Å². The Labute approximate surface area is 117 Å². The Balaban J connectivity index is 2.64. The van der Waals surface area contributed by atoms with Crippen LogP contribution in [0.25, 0.3) is 0 Å². The lowest BCUT2D eigenvalue weighted by atomic mass is 10.2. The zero-order chi connectivity index (χ0) is 14.4. The highest BCUT2D eigenvalue weighted by molar-refractivity contribution is 6.31. The molecule has 0 spiro atoms. The van der Waals surface area contributed by atoms with Gasteiger partial charge in [-0.2, -0.15) is 0 Å². The van der Waals surface area contributed by atoms with Gasteiger partial charge in [0.25, 0.3) is 0 Å². The summed E-state index contributed by atoms with van der Waals surface area (Å²) in [5.74, 6) is 0.155. The summed E-state index contributed by atoms with van der Waals surface area (Å²) < 4.78 is 0. The fraction of sp³-hybridized carbons (Fsp3) is 0.636. The van der Waals surface area contributed by atoms with Gasteiger partial charge in [0, 0.05) is 19.1 Å². The van der Waals surface area contributed by atoms with Crippen molar-refractivity contribution in [2.24, 2.45) is 0 Å². The standard InChI is InChI=1S/C11H18ClN5O2/c1-4-8(2)16(3)6-5-13-11-9(17(18)19)10(12)14-7-15-11/h7-8H,4-6H2,1-3H3,(H,13,14,15). The van der Waals surface area contributed by atoms with E-state index in [9.17, 15) is 10.1 Å². The van der Waals surface area contributed by atoms with Crippen molar-refractivity contribution in [2.45, 2.75) is 26.3 Å². The summed E-state index contributed by atoms with van der Waals surface area (Å²) in [5.41, 5.74) is -0.282. The van der Waals surface area contributed by atoms with E-state index >= 15 is 0 Å². The molecule has 0 saturated heterocycles. The largest absolute Gasteiger partial charge is 0.363 e.